The van der Waals surface area contributed by atoms with Crippen molar-refractivity contribution in [3.05, 3.63) is 40.6 Å². The van der Waals surface area contributed by atoms with Crippen LogP contribution >= 0.6 is 0 Å². The molecule has 2 aromatic carbocycles. The summed E-state index contributed by atoms with van der Waals surface area (Å²) in [5.74, 6) is -1.91. The molecule has 0 aliphatic carbocycles. The Morgan fingerprint density at radius 1 is 0.755 bits per heavy atom. The van der Waals surface area contributed by atoms with Gasteiger partial charge in [-0.15, -0.1) is 0 Å². The van der Waals surface area contributed by atoms with Crippen molar-refractivity contribution in [2.24, 2.45) is 0 Å². The highest BCUT2D eigenvalue weighted by molar-refractivity contribution is 5.88. The molecule has 3 heterocycles. The molecule has 0 radical (unpaired) electrons. The van der Waals surface area contributed by atoms with E-state index in [1.54, 1.807) is 0 Å². The SMILES string of the molecule is C[C@@H]1O[C@@H](OC[C@H]2O[C@@H](Oc3c(-c4ccc(OCCO)c(OCCO)c4)oc4cc(O)cc(O)c4c3=O)[C@H](O)[C@@H](O)[C@@H]2O)[C@H](O)[C@H](O)[C@H]1O. The summed E-state index contributed by atoms with van der Waals surface area (Å²) in [4.78, 5) is 13.9. The summed E-state index contributed by atoms with van der Waals surface area (Å²) in [5.41, 5.74) is -1.19. The number of rotatable bonds is 12. The Labute approximate surface area is 277 Å². The number of phenols is 2. The van der Waals surface area contributed by atoms with Crippen molar-refractivity contribution >= 4 is 11.0 Å². The molecule has 1 aromatic heterocycles. The minimum absolute atomic E-state index is 0.0521. The first-order valence-corrected chi connectivity index (χ1v) is 15.2. The fourth-order valence-corrected chi connectivity index (χ4v) is 5.37. The number of benzene rings is 2. The molecule has 5 rings (SSSR count). The quantitative estimate of drug-likeness (QED) is 0.0947. The maximum atomic E-state index is 13.9. The maximum absolute atomic E-state index is 13.9. The van der Waals surface area contributed by atoms with Gasteiger partial charge in [-0.25, -0.2) is 0 Å². The molecule has 3 aromatic rings. The number of phenolic OH excluding ortho intramolecular Hbond substituents is 2. The summed E-state index contributed by atoms with van der Waals surface area (Å²) in [6, 6.07) is 6.10. The summed E-state index contributed by atoms with van der Waals surface area (Å²) >= 11 is 0. The van der Waals surface area contributed by atoms with E-state index in [-0.39, 0.29) is 54.8 Å². The van der Waals surface area contributed by atoms with Crippen LogP contribution in [0.15, 0.2) is 39.5 Å². The van der Waals surface area contributed by atoms with E-state index >= 15 is 0 Å². The molecular weight excluding hydrogens is 660 g/mol. The van der Waals surface area contributed by atoms with E-state index < -0.39 is 96.1 Å². The first-order valence-electron chi connectivity index (χ1n) is 15.2. The molecule has 49 heavy (non-hydrogen) atoms. The van der Waals surface area contributed by atoms with Gasteiger partial charge in [-0.2, -0.15) is 0 Å². The molecule has 0 amide bonds. The zero-order chi connectivity index (χ0) is 35.6. The van der Waals surface area contributed by atoms with Crippen molar-refractivity contribution in [1.82, 2.24) is 0 Å². The molecule has 2 saturated heterocycles. The lowest BCUT2D eigenvalue weighted by atomic mass is 9.98. The van der Waals surface area contributed by atoms with Crippen LogP contribution in [0.1, 0.15) is 6.92 Å². The molecule has 2 aliphatic rings. The Hall–Kier alpha value is -3.79. The third-order valence-electron chi connectivity index (χ3n) is 7.96. The zero-order valence-corrected chi connectivity index (χ0v) is 25.9. The van der Waals surface area contributed by atoms with E-state index in [0.717, 1.165) is 12.1 Å². The lowest BCUT2D eigenvalue weighted by Gasteiger charge is -2.42. The van der Waals surface area contributed by atoms with Crippen LogP contribution in [0, 0.1) is 0 Å². The lowest BCUT2D eigenvalue weighted by molar-refractivity contribution is -0.318. The minimum Gasteiger partial charge on any atom is -0.508 e. The largest absolute Gasteiger partial charge is 0.508 e. The molecule has 10 N–H and O–H groups in total. The predicted molar refractivity (Wildman–Crippen MR) is 162 cm³/mol. The van der Waals surface area contributed by atoms with Gasteiger partial charge in [-0.1, -0.05) is 0 Å². The third-order valence-corrected chi connectivity index (χ3v) is 7.96. The maximum Gasteiger partial charge on any atom is 0.239 e. The van der Waals surface area contributed by atoms with Gasteiger partial charge in [-0.3, -0.25) is 4.79 Å². The van der Waals surface area contributed by atoms with Crippen LogP contribution in [-0.2, 0) is 14.2 Å². The summed E-state index contributed by atoms with van der Waals surface area (Å²) < 4.78 is 39.4. The topological polar surface area (TPSA) is 288 Å². The summed E-state index contributed by atoms with van der Waals surface area (Å²) in [5, 5.41) is 101. The van der Waals surface area contributed by atoms with Gasteiger partial charge < -0.3 is 83.9 Å². The van der Waals surface area contributed by atoms with Crippen molar-refractivity contribution in [3.8, 4) is 40.1 Å². The van der Waals surface area contributed by atoms with Crippen molar-refractivity contribution < 1.29 is 83.9 Å². The minimum atomic E-state index is -1.98. The average Bonchev–Trinajstić information content (AvgIpc) is 3.07. The summed E-state index contributed by atoms with van der Waals surface area (Å²) in [6.45, 7) is -0.141. The number of aliphatic hydroxyl groups excluding tert-OH is 8. The molecule has 0 saturated carbocycles. The van der Waals surface area contributed by atoms with E-state index in [9.17, 15) is 55.9 Å². The standard InChI is InChI=1S/C31H38O18/c1-12-21(36)24(39)26(41)30(46-12)45-11-19-22(37)25(40)27(42)31(48-19)49-29-23(38)20-15(35)9-14(34)10-18(20)47-28(29)13-2-3-16(43-6-4-32)17(8-13)44-7-5-33/h2-3,8-10,12,19,21-22,24-27,30-37,39-42H,4-7,11H2,1H3/t12-,19+,21-,22+,24+,25-,26+,27+,30+,31-/m0/s1. The third kappa shape index (κ3) is 7.54. The van der Waals surface area contributed by atoms with Crippen LogP contribution in [0.4, 0.5) is 0 Å². The number of hydrogen-bond acceptors (Lipinski definition) is 18. The first-order chi connectivity index (χ1) is 23.4. The molecule has 0 unspecified atom stereocenters. The van der Waals surface area contributed by atoms with Crippen LogP contribution in [0.25, 0.3) is 22.3 Å². The van der Waals surface area contributed by atoms with E-state index in [4.69, 9.17) is 32.8 Å². The molecule has 18 nitrogen and oxygen atoms in total. The van der Waals surface area contributed by atoms with Crippen LogP contribution < -0.4 is 19.6 Å². The Morgan fingerprint density at radius 2 is 1.41 bits per heavy atom. The van der Waals surface area contributed by atoms with Crippen molar-refractivity contribution in [2.45, 2.75) is 68.3 Å². The summed E-state index contributed by atoms with van der Waals surface area (Å²) in [7, 11) is 0. The van der Waals surface area contributed by atoms with Gasteiger partial charge in [0.1, 0.15) is 78.4 Å². The van der Waals surface area contributed by atoms with Crippen LogP contribution in [0.2, 0.25) is 0 Å². The number of hydrogen-bond donors (Lipinski definition) is 10. The van der Waals surface area contributed by atoms with Crippen LogP contribution in [0.3, 0.4) is 0 Å². The second kappa shape index (κ2) is 15.4. The highest BCUT2D eigenvalue weighted by Gasteiger charge is 2.48. The van der Waals surface area contributed by atoms with Crippen molar-refractivity contribution in [1.29, 1.82) is 0 Å². The smallest absolute Gasteiger partial charge is 0.239 e. The van der Waals surface area contributed by atoms with Gasteiger partial charge in [0.15, 0.2) is 23.5 Å². The molecule has 10 atom stereocenters. The van der Waals surface area contributed by atoms with Gasteiger partial charge in [0, 0.05) is 17.7 Å². The second-order valence-electron chi connectivity index (χ2n) is 11.4. The molecule has 2 fully saturated rings. The monoisotopic (exact) mass is 698 g/mol. The number of aromatic hydroxyl groups is 2. The number of aliphatic hydroxyl groups is 8. The van der Waals surface area contributed by atoms with Crippen molar-refractivity contribution in [3.63, 3.8) is 0 Å². The average molecular weight is 699 g/mol. The van der Waals surface area contributed by atoms with E-state index in [1.165, 1.54) is 25.1 Å². The molecule has 0 bridgehead atoms. The highest BCUT2D eigenvalue weighted by Crippen LogP contribution is 2.40. The van der Waals surface area contributed by atoms with Crippen molar-refractivity contribution in [2.75, 3.05) is 33.0 Å². The lowest BCUT2D eigenvalue weighted by Crippen LogP contribution is -2.61. The van der Waals surface area contributed by atoms with Gasteiger partial charge in [0.05, 0.1) is 25.9 Å². The van der Waals surface area contributed by atoms with Crippen LogP contribution in [0.5, 0.6) is 28.7 Å². The van der Waals surface area contributed by atoms with Gasteiger partial charge in [0.2, 0.25) is 17.5 Å². The Kier molecular flexibility index (Phi) is 11.5. The van der Waals surface area contributed by atoms with E-state index in [2.05, 4.69) is 0 Å². The van der Waals surface area contributed by atoms with Crippen LogP contribution in [-0.4, -0.2) is 146 Å². The Balaban J connectivity index is 1.51. The molecular formula is C31H38O18. The predicted octanol–water partition coefficient (Wildman–Crippen LogP) is -2.36. The number of fused-ring (bicyclic) bond motifs is 1. The number of ether oxygens (including phenoxy) is 6. The fraction of sp³-hybridized carbons (Fsp3) is 0.516. The molecule has 270 valence electrons. The van der Waals surface area contributed by atoms with E-state index in [1.807, 2.05) is 0 Å². The zero-order valence-electron chi connectivity index (χ0n) is 25.9. The molecule has 18 heteroatoms. The van der Waals surface area contributed by atoms with Gasteiger partial charge in [0.25, 0.3) is 0 Å². The second-order valence-corrected chi connectivity index (χ2v) is 11.4. The highest BCUT2D eigenvalue weighted by atomic mass is 16.7. The fourth-order valence-electron chi connectivity index (χ4n) is 5.37. The normalized spacial score (nSPS) is 30.3. The molecule has 0 spiro atoms. The molecule has 2 aliphatic heterocycles. The van der Waals surface area contributed by atoms with E-state index in [0.29, 0.717) is 0 Å². The Morgan fingerprint density at radius 3 is 2.10 bits per heavy atom. The van der Waals surface area contributed by atoms with Gasteiger partial charge in [-0.05, 0) is 25.1 Å². The van der Waals surface area contributed by atoms with Gasteiger partial charge >= 0.3 is 0 Å². The Bertz CT molecular complexity index is 1640. The summed E-state index contributed by atoms with van der Waals surface area (Å²) in [6.07, 6.45) is -16.2. The first kappa shape index (κ1) is 36.5.